The highest BCUT2D eigenvalue weighted by molar-refractivity contribution is 7.88. The second-order valence-corrected chi connectivity index (χ2v) is 8.95. The second kappa shape index (κ2) is 9.75. The van der Waals surface area contributed by atoms with E-state index < -0.39 is 10.0 Å². The van der Waals surface area contributed by atoms with Gasteiger partial charge in [-0.3, -0.25) is 0 Å². The van der Waals surface area contributed by atoms with Gasteiger partial charge in [-0.05, 0) is 42.4 Å². The number of halogens is 1. The number of sulfonamides is 1. The first kappa shape index (κ1) is 21.8. The number of hydrogen-bond donors (Lipinski definition) is 3. The second-order valence-electron chi connectivity index (χ2n) is 6.59. The van der Waals surface area contributed by atoms with Crippen LogP contribution < -0.4 is 15.4 Å². The summed E-state index contributed by atoms with van der Waals surface area (Å²) >= 11 is 5.89. The molecule has 0 spiro atoms. The van der Waals surface area contributed by atoms with Gasteiger partial charge in [0.1, 0.15) is 0 Å². The predicted octanol–water partition coefficient (Wildman–Crippen LogP) is 2.57. The summed E-state index contributed by atoms with van der Waals surface area (Å²) < 4.78 is 27.1. The molecule has 0 saturated carbocycles. The van der Waals surface area contributed by atoms with E-state index in [0.29, 0.717) is 23.7 Å². The van der Waals surface area contributed by atoms with Crippen molar-refractivity contribution in [2.45, 2.75) is 18.8 Å². The molecule has 0 atom stereocenters. The van der Waals surface area contributed by atoms with Gasteiger partial charge in [0.25, 0.3) is 0 Å². The van der Waals surface area contributed by atoms with Gasteiger partial charge in [-0.2, -0.15) is 5.10 Å². The van der Waals surface area contributed by atoms with Crippen LogP contribution in [0.2, 0.25) is 5.02 Å². The number of nitrogens with one attached hydrogen (secondary N) is 3. The molecule has 0 bridgehead atoms. The van der Waals surface area contributed by atoms with Crippen LogP contribution in [0.15, 0.2) is 60.9 Å². The zero-order chi connectivity index (χ0) is 21.6. The van der Waals surface area contributed by atoms with E-state index in [-0.39, 0.29) is 11.8 Å². The van der Waals surface area contributed by atoms with Gasteiger partial charge in [0.05, 0.1) is 17.6 Å². The highest BCUT2D eigenvalue weighted by Gasteiger charge is 2.08. The lowest BCUT2D eigenvalue weighted by Crippen LogP contribution is -2.34. The van der Waals surface area contributed by atoms with Crippen molar-refractivity contribution in [2.75, 3.05) is 7.05 Å². The molecule has 30 heavy (non-hydrogen) atoms. The summed E-state index contributed by atoms with van der Waals surface area (Å²) in [4.78, 5) is 12.0. The summed E-state index contributed by atoms with van der Waals surface area (Å²) in [6.07, 6.45) is 3.52. The molecule has 0 fully saturated rings. The molecular weight excluding hydrogens is 426 g/mol. The highest BCUT2D eigenvalue weighted by Crippen LogP contribution is 2.13. The maximum atomic E-state index is 12.0. The Balaban J connectivity index is 1.46. The summed E-state index contributed by atoms with van der Waals surface area (Å²) in [6, 6.07) is 14.0. The SMILES string of the molecule is CNS(=O)(=O)Cc1ccc(CNC(=O)NCc2cnn(-c3ccc(Cl)cc3)c2)cc1. The standard InChI is InChI=1S/C20H22ClN5O3S/c1-22-30(28,29)14-16-4-2-15(3-5-16)10-23-20(27)24-11-17-12-25-26(13-17)19-8-6-18(21)7-9-19/h2-9,12-13,22H,10-11,14H2,1H3,(H2,23,24,27). The molecule has 1 aromatic heterocycles. The Hall–Kier alpha value is -2.88. The summed E-state index contributed by atoms with van der Waals surface area (Å²) in [5.41, 5.74) is 3.28. The van der Waals surface area contributed by atoms with Crippen LogP contribution in [0.5, 0.6) is 0 Å². The van der Waals surface area contributed by atoms with E-state index in [2.05, 4.69) is 20.5 Å². The van der Waals surface area contributed by atoms with Crippen LogP contribution in [0.1, 0.15) is 16.7 Å². The Labute approximate surface area is 180 Å². The molecule has 158 valence electrons. The molecule has 3 rings (SSSR count). The predicted molar refractivity (Wildman–Crippen MR) is 116 cm³/mol. The number of carbonyl (C=O) groups excluding carboxylic acids is 1. The fraction of sp³-hybridized carbons (Fsp3) is 0.200. The van der Waals surface area contributed by atoms with Gasteiger partial charge in [-0.25, -0.2) is 22.6 Å². The van der Waals surface area contributed by atoms with E-state index in [1.54, 1.807) is 47.3 Å². The number of carbonyl (C=O) groups is 1. The topological polar surface area (TPSA) is 105 Å². The number of nitrogens with zero attached hydrogens (tertiary/aromatic N) is 2. The lowest BCUT2D eigenvalue weighted by molar-refractivity contribution is 0.240. The van der Waals surface area contributed by atoms with Crippen molar-refractivity contribution in [3.63, 3.8) is 0 Å². The maximum absolute atomic E-state index is 12.0. The molecule has 0 aliphatic carbocycles. The molecule has 8 nitrogen and oxygen atoms in total. The molecule has 10 heteroatoms. The van der Waals surface area contributed by atoms with Crippen molar-refractivity contribution in [1.29, 1.82) is 0 Å². The average Bonchev–Trinajstić information content (AvgIpc) is 3.21. The smallest absolute Gasteiger partial charge is 0.315 e. The van der Waals surface area contributed by atoms with Crippen LogP contribution in [0.3, 0.4) is 0 Å². The number of benzene rings is 2. The molecule has 0 aliphatic rings. The number of hydrogen-bond acceptors (Lipinski definition) is 4. The summed E-state index contributed by atoms with van der Waals surface area (Å²) in [5.74, 6) is -0.0819. The van der Waals surface area contributed by atoms with Gasteiger partial charge in [-0.15, -0.1) is 0 Å². The third kappa shape index (κ3) is 6.31. The van der Waals surface area contributed by atoms with Gasteiger partial charge < -0.3 is 10.6 Å². The first-order valence-electron chi connectivity index (χ1n) is 9.15. The molecule has 3 aromatic rings. The Kier molecular flexibility index (Phi) is 7.09. The van der Waals surface area contributed by atoms with E-state index in [0.717, 1.165) is 16.8 Å². The number of urea groups is 1. The van der Waals surface area contributed by atoms with Crippen LogP contribution in [-0.2, 0) is 28.9 Å². The van der Waals surface area contributed by atoms with Gasteiger partial charge >= 0.3 is 6.03 Å². The normalized spacial score (nSPS) is 11.3. The zero-order valence-corrected chi connectivity index (χ0v) is 17.9. The lowest BCUT2D eigenvalue weighted by Gasteiger charge is -2.08. The van der Waals surface area contributed by atoms with Gasteiger partial charge in [0, 0.05) is 29.9 Å². The van der Waals surface area contributed by atoms with Crippen LogP contribution in [0, 0.1) is 0 Å². The molecule has 0 saturated heterocycles. The van der Waals surface area contributed by atoms with Crippen LogP contribution in [0.25, 0.3) is 5.69 Å². The first-order chi connectivity index (χ1) is 14.3. The number of amides is 2. The Morgan fingerprint density at radius 3 is 2.20 bits per heavy atom. The Bertz CT molecular complexity index is 1100. The minimum Gasteiger partial charge on any atom is -0.334 e. The minimum atomic E-state index is -3.31. The molecule has 0 radical (unpaired) electrons. The van der Waals surface area contributed by atoms with E-state index in [1.807, 2.05) is 18.3 Å². The molecular formula is C20H22ClN5O3S. The molecule has 3 N–H and O–H groups in total. The summed E-state index contributed by atoms with van der Waals surface area (Å²) in [6.45, 7) is 0.662. The fourth-order valence-electron chi connectivity index (χ4n) is 2.66. The third-order valence-electron chi connectivity index (χ3n) is 4.32. The van der Waals surface area contributed by atoms with Gasteiger partial charge in [-0.1, -0.05) is 35.9 Å². The Morgan fingerprint density at radius 2 is 1.57 bits per heavy atom. The van der Waals surface area contributed by atoms with Crippen LogP contribution in [-0.4, -0.2) is 31.3 Å². The van der Waals surface area contributed by atoms with Crippen molar-refractivity contribution in [1.82, 2.24) is 25.1 Å². The molecule has 2 aromatic carbocycles. The van der Waals surface area contributed by atoms with Crippen LogP contribution in [0.4, 0.5) is 4.79 Å². The molecule has 1 heterocycles. The average molecular weight is 448 g/mol. The number of aromatic nitrogens is 2. The first-order valence-corrected chi connectivity index (χ1v) is 11.2. The van der Waals surface area contributed by atoms with Gasteiger partial charge in [0.2, 0.25) is 10.0 Å². The highest BCUT2D eigenvalue weighted by atomic mass is 35.5. The monoisotopic (exact) mass is 447 g/mol. The number of rotatable bonds is 8. The van der Waals surface area contributed by atoms with Crippen molar-refractivity contribution in [3.8, 4) is 5.69 Å². The van der Waals surface area contributed by atoms with E-state index >= 15 is 0 Å². The summed E-state index contributed by atoms with van der Waals surface area (Å²) in [5, 5.41) is 10.5. The largest absolute Gasteiger partial charge is 0.334 e. The van der Waals surface area contributed by atoms with Crippen molar-refractivity contribution < 1.29 is 13.2 Å². The van der Waals surface area contributed by atoms with Gasteiger partial charge in [0.15, 0.2) is 0 Å². The quantitative estimate of drug-likeness (QED) is 0.493. The third-order valence-corrected chi connectivity index (χ3v) is 5.91. The molecule has 0 unspecified atom stereocenters. The van der Waals surface area contributed by atoms with E-state index in [1.165, 1.54) is 7.05 Å². The van der Waals surface area contributed by atoms with Crippen molar-refractivity contribution in [3.05, 3.63) is 82.6 Å². The van der Waals surface area contributed by atoms with Crippen molar-refractivity contribution >= 4 is 27.7 Å². The van der Waals surface area contributed by atoms with E-state index in [9.17, 15) is 13.2 Å². The fourth-order valence-corrected chi connectivity index (χ4v) is 3.56. The summed E-state index contributed by atoms with van der Waals surface area (Å²) in [7, 11) is -1.92. The van der Waals surface area contributed by atoms with Crippen LogP contribution >= 0.6 is 11.6 Å². The Morgan fingerprint density at radius 1 is 0.967 bits per heavy atom. The zero-order valence-electron chi connectivity index (χ0n) is 16.3. The molecule has 0 aliphatic heterocycles. The van der Waals surface area contributed by atoms with Crippen molar-refractivity contribution in [2.24, 2.45) is 0 Å². The lowest BCUT2D eigenvalue weighted by atomic mass is 10.1. The maximum Gasteiger partial charge on any atom is 0.315 e. The van der Waals surface area contributed by atoms with E-state index in [4.69, 9.17) is 11.6 Å². The minimum absolute atomic E-state index is 0.0819. The molecule has 2 amide bonds.